The van der Waals surface area contributed by atoms with Crippen LogP contribution in [0.15, 0.2) is 48.7 Å². The molecular formula is C19H21N5O. The number of para-hydroxylation sites is 2. The number of nitrogens with one attached hydrogen (secondary N) is 2. The lowest BCUT2D eigenvalue weighted by atomic mass is 10.1. The second-order valence-electron chi connectivity index (χ2n) is 5.72. The van der Waals surface area contributed by atoms with Crippen LogP contribution in [0.4, 0.5) is 17.5 Å². The first kappa shape index (κ1) is 16.7. The predicted molar refractivity (Wildman–Crippen MR) is 99.3 cm³/mol. The van der Waals surface area contributed by atoms with E-state index in [0.29, 0.717) is 18.3 Å². The standard InChI is InChI=1S/C19H21N5O/c1-13-7-6-8-14(2)18(13)22-17-12-21-24-19(23-17)20-11-15-9-4-5-10-16(15)25-3/h4-10,12H,11H2,1-3H3,(H2,20,22,23,24). The number of hydrogen-bond acceptors (Lipinski definition) is 6. The van der Waals surface area contributed by atoms with Gasteiger partial charge < -0.3 is 15.4 Å². The minimum Gasteiger partial charge on any atom is -0.496 e. The Bertz CT molecular complexity index is 846. The Morgan fingerprint density at radius 1 is 1.00 bits per heavy atom. The molecule has 25 heavy (non-hydrogen) atoms. The van der Waals surface area contributed by atoms with Crippen molar-refractivity contribution in [1.82, 2.24) is 15.2 Å². The smallest absolute Gasteiger partial charge is 0.244 e. The second-order valence-corrected chi connectivity index (χ2v) is 5.72. The Labute approximate surface area is 147 Å². The lowest BCUT2D eigenvalue weighted by Crippen LogP contribution is -2.07. The summed E-state index contributed by atoms with van der Waals surface area (Å²) in [5.41, 5.74) is 4.38. The maximum Gasteiger partial charge on any atom is 0.244 e. The summed E-state index contributed by atoms with van der Waals surface area (Å²) < 4.78 is 5.35. The topological polar surface area (TPSA) is 72.0 Å². The van der Waals surface area contributed by atoms with Crippen molar-refractivity contribution in [1.29, 1.82) is 0 Å². The van der Waals surface area contributed by atoms with Crippen molar-refractivity contribution >= 4 is 17.5 Å². The molecule has 2 aromatic carbocycles. The largest absolute Gasteiger partial charge is 0.496 e. The fourth-order valence-corrected chi connectivity index (χ4v) is 2.60. The minimum absolute atomic E-state index is 0.460. The van der Waals surface area contributed by atoms with Crippen molar-refractivity contribution in [2.24, 2.45) is 0 Å². The van der Waals surface area contributed by atoms with Gasteiger partial charge in [-0.05, 0) is 31.0 Å². The molecule has 0 spiro atoms. The maximum absolute atomic E-state index is 5.35. The summed E-state index contributed by atoms with van der Waals surface area (Å²) in [6.07, 6.45) is 1.61. The monoisotopic (exact) mass is 335 g/mol. The zero-order valence-corrected chi connectivity index (χ0v) is 14.6. The van der Waals surface area contributed by atoms with Crippen LogP contribution in [0.5, 0.6) is 5.75 Å². The number of benzene rings is 2. The van der Waals surface area contributed by atoms with Crippen LogP contribution in [0.3, 0.4) is 0 Å². The molecule has 0 aliphatic heterocycles. The molecule has 0 atom stereocenters. The number of methoxy groups -OCH3 is 1. The van der Waals surface area contributed by atoms with Crippen LogP contribution in [0.25, 0.3) is 0 Å². The van der Waals surface area contributed by atoms with Gasteiger partial charge in [0.2, 0.25) is 5.95 Å². The lowest BCUT2D eigenvalue weighted by molar-refractivity contribution is 0.410. The summed E-state index contributed by atoms with van der Waals surface area (Å²) >= 11 is 0. The first-order valence-corrected chi connectivity index (χ1v) is 8.06. The molecule has 1 aromatic heterocycles. The lowest BCUT2D eigenvalue weighted by Gasteiger charge is -2.12. The summed E-state index contributed by atoms with van der Waals surface area (Å²) in [6.45, 7) is 4.67. The van der Waals surface area contributed by atoms with E-state index in [2.05, 4.69) is 51.8 Å². The van der Waals surface area contributed by atoms with Gasteiger partial charge in [-0.3, -0.25) is 0 Å². The van der Waals surface area contributed by atoms with Crippen LogP contribution in [-0.4, -0.2) is 22.3 Å². The second kappa shape index (κ2) is 7.61. The number of aryl methyl sites for hydroxylation is 2. The fraction of sp³-hybridized carbons (Fsp3) is 0.211. The van der Waals surface area contributed by atoms with Crippen molar-refractivity contribution in [3.63, 3.8) is 0 Å². The van der Waals surface area contributed by atoms with Crippen LogP contribution in [0.1, 0.15) is 16.7 Å². The molecule has 6 heteroatoms. The Hall–Kier alpha value is -3.15. The van der Waals surface area contributed by atoms with Gasteiger partial charge in [-0.1, -0.05) is 36.4 Å². The molecule has 0 unspecified atom stereocenters. The number of anilines is 3. The van der Waals surface area contributed by atoms with Gasteiger partial charge in [0, 0.05) is 17.8 Å². The average Bonchev–Trinajstić information content (AvgIpc) is 2.64. The highest BCUT2D eigenvalue weighted by Gasteiger charge is 2.07. The van der Waals surface area contributed by atoms with Gasteiger partial charge in [-0.2, -0.15) is 10.1 Å². The van der Waals surface area contributed by atoms with E-state index in [-0.39, 0.29) is 0 Å². The Morgan fingerprint density at radius 3 is 2.52 bits per heavy atom. The molecule has 3 aromatic rings. The number of nitrogens with zero attached hydrogens (tertiary/aromatic N) is 3. The highest BCUT2D eigenvalue weighted by Crippen LogP contribution is 2.23. The summed E-state index contributed by atoms with van der Waals surface area (Å²) in [7, 11) is 1.66. The Morgan fingerprint density at radius 2 is 1.76 bits per heavy atom. The van der Waals surface area contributed by atoms with E-state index in [9.17, 15) is 0 Å². The van der Waals surface area contributed by atoms with E-state index < -0.39 is 0 Å². The Balaban J connectivity index is 1.73. The van der Waals surface area contributed by atoms with Crippen LogP contribution < -0.4 is 15.4 Å². The van der Waals surface area contributed by atoms with Crippen molar-refractivity contribution in [3.05, 3.63) is 65.4 Å². The third-order valence-electron chi connectivity index (χ3n) is 3.92. The van der Waals surface area contributed by atoms with Crippen molar-refractivity contribution in [3.8, 4) is 5.75 Å². The van der Waals surface area contributed by atoms with Crippen molar-refractivity contribution < 1.29 is 4.74 Å². The molecule has 1 heterocycles. The number of ether oxygens (including phenoxy) is 1. The van der Waals surface area contributed by atoms with Crippen molar-refractivity contribution in [2.45, 2.75) is 20.4 Å². The molecule has 0 saturated heterocycles. The molecule has 2 N–H and O–H groups in total. The van der Waals surface area contributed by atoms with Gasteiger partial charge in [0.15, 0.2) is 5.82 Å². The van der Waals surface area contributed by atoms with E-state index >= 15 is 0 Å². The van der Waals surface area contributed by atoms with Gasteiger partial charge in [0.25, 0.3) is 0 Å². The van der Waals surface area contributed by atoms with E-state index in [1.807, 2.05) is 30.3 Å². The molecule has 6 nitrogen and oxygen atoms in total. The molecule has 0 aliphatic rings. The highest BCUT2D eigenvalue weighted by molar-refractivity contribution is 5.64. The van der Waals surface area contributed by atoms with Crippen LogP contribution in [0.2, 0.25) is 0 Å². The summed E-state index contributed by atoms with van der Waals surface area (Å²) in [5.74, 6) is 1.94. The van der Waals surface area contributed by atoms with Crippen LogP contribution in [0, 0.1) is 13.8 Å². The summed E-state index contributed by atoms with van der Waals surface area (Å²) in [6, 6.07) is 14.0. The molecule has 0 fully saturated rings. The quantitative estimate of drug-likeness (QED) is 0.713. The first-order valence-electron chi connectivity index (χ1n) is 8.06. The molecule has 128 valence electrons. The molecule has 0 saturated carbocycles. The molecule has 0 amide bonds. The Kier molecular flexibility index (Phi) is 5.09. The molecular weight excluding hydrogens is 314 g/mol. The molecule has 0 radical (unpaired) electrons. The molecule has 0 aliphatic carbocycles. The van der Waals surface area contributed by atoms with Gasteiger partial charge in [-0.25, -0.2) is 0 Å². The minimum atomic E-state index is 0.460. The average molecular weight is 335 g/mol. The highest BCUT2D eigenvalue weighted by atomic mass is 16.5. The number of rotatable bonds is 6. The molecule has 0 bridgehead atoms. The fourth-order valence-electron chi connectivity index (χ4n) is 2.60. The van der Waals surface area contributed by atoms with E-state index in [1.165, 1.54) is 0 Å². The SMILES string of the molecule is COc1ccccc1CNc1nncc(Nc2c(C)cccc2C)n1. The van der Waals surface area contributed by atoms with Crippen LogP contribution in [-0.2, 0) is 6.54 Å². The van der Waals surface area contributed by atoms with E-state index in [1.54, 1.807) is 13.3 Å². The third-order valence-corrected chi connectivity index (χ3v) is 3.92. The zero-order valence-electron chi connectivity index (χ0n) is 14.6. The summed E-state index contributed by atoms with van der Waals surface area (Å²) in [4.78, 5) is 4.48. The van der Waals surface area contributed by atoms with Crippen LogP contribution >= 0.6 is 0 Å². The van der Waals surface area contributed by atoms with E-state index in [4.69, 9.17) is 4.74 Å². The normalized spacial score (nSPS) is 10.4. The van der Waals surface area contributed by atoms with Gasteiger partial charge in [0.1, 0.15) is 5.75 Å². The zero-order chi connectivity index (χ0) is 17.6. The summed E-state index contributed by atoms with van der Waals surface area (Å²) in [5, 5.41) is 14.6. The number of aromatic nitrogens is 3. The van der Waals surface area contributed by atoms with Gasteiger partial charge in [0.05, 0.1) is 13.3 Å². The number of hydrogen-bond donors (Lipinski definition) is 2. The predicted octanol–water partition coefficient (Wildman–Crippen LogP) is 3.85. The maximum atomic E-state index is 5.35. The first-order chi connectivity index (χ1) is 12.2. The van der Waals surface area contributed by atoms with Gasteiger partial charge in [-0.15, -0.1) is 5.10 Å². The van der Waals surface area contributed by atoms with Crippen molar-refractivity contribution in [2.75, 3.05) is 17.7 Å². The molecule has 3 rings (SSSR count). The third kappa shape index (κ3) is 4.03. The van der Waals surface area contributed by atoms with Gasteiger partial charge >= 0.3 is 0 Å². The van der Waals surface area contributed by atoms with E-state index in [0.717, 1.165) is 28.1 Å².